The Morgan fingerprint density at radius 2 is 1.95 bits per heavy atom. The minimum Gasteiger partial charge on any atom is -0.308 e. The van der Waals surface area contributed by atoms with Crippen LogP contribution in [0.5, 0.6) is 0 Å². The van der Waals surface area contributed by atoms with Crippen LogP contribution < -0.4 is 5.43 Å². The van der Waals surface area contributed by atoms with Crippen LogP contribution in [0, 0.1) is 0 Å². The van der Waals surface area contributed by atoms with Crippen molar-refractivity contribution in [2.75, 3.05) is 5.43 Å². The van der Waals surface area contributed by atoms with E-state index in [1.807, 2.05) is 41.4 Å². The molecule has 5 nitrogen and oxygen atoms in total. The molecule has 0 aliphatic heterocycles. The highest BCUT2D eigenvalue weighted by Gasteiger charge is 2.14. The van der Waals surface area contributed by atoms with Crippen LogP contribution >= 0.6 is 0 Å². The summed E-state index contributed by atoms with van der Waals surface area (Å²) < 4.78 is 2.05. The van der Waals surface area contributed by atoms with Crippen molar-refractivity contribution in [1.29, 1.82) is 0 Å². The third-order valence-corrected chi connectivity index (χ3v) is 4.16. The molecule has 0 bridgehead atoms. The number of fused-ring (bicyclic) bond motifs is 1. The molecule has 108 valence electrons. The van der Waals surface area contributed by atoms with Crippen molar-refractivity contribution >= 4 is 5.65 Å². The fourth-order valence-corrected chi connectivity index (χ4v) is 3.04. The van der Waals surface area contributed by atoms with Gasteiger partial charge in [0.15, 0.2) is 5.65 Å². The molecule has 21 heavy (non-hydrogen) atoms. The Morgan fingerprint density at radius 1 is 1.05 bits per heavy atom. The molecule has 1 saturated carbocycles. The molecule has 0 spiro atoms. The highest BCUT2D eigenvalue weighted by Crippen LogP contribution is 2.20. The molecule has 3 heterocycles. The van der Waals surface area contributed by atoms with E-state index in [9.17, 15) is 0 Å². The Balaban J connectivity index is 1.63. The van der Waals surface area contributed by atoms with Gasteiger partial charge in [0.25, 0.3) is 0 Å². The number of rotatable bonds is 3. The molecule has 0 amide bonds. The first-order valence-corrected chi connectivity index (χ1v) is 7.65. The Morgan fingerprint density at radius 3 is 2.76 bits per heavy atom. The van der Waals surface area contributed by atoms with E-state index in [-0.39, 0.29) is 0 Å². The molecule has 1 aliphatic rings. The summed E-state index contributed by atoms with van der Waals surface area (Å²) in [5.74, 6) is 0. The molecule has 0 unspecified atom stereocenters. The van der Waals surface area contributed by atoms with Gasteiger partial charge in [-0.3, -0.25) is 4.98 Å². The smallest absolute Gasteiger partial charge is 0.155 e. The average molecular weight is 281 g/mol. The molecule has 0 aromatic carbocycles. The van der Waals surface area contributed by atoms with Crippen LogP contribution in [-0.2, 0) is 0 Å². The zero-order chi connectivity index (χ0) is 14.1. The summed E-state index contributed by atoms with van der Waals surface area (Å²) >= 11 is 0. The van der Waals surface area contributed by atoms with Crippen LogP contribution in [0.15, 0.2) is 42.9 Å². The molecule has 0 saturated heterocycles. The van der Waals surface area contributed by atoms with E-state index >= 15 is 0 Å². The van der Waals surface area contributed by atoms with Gasteiger partial charge in [0, 0.05) is 24.5 Å². The molecule has 0 radical (unpaired) electrons. The SMILES string of the molecule is c1ccc(-c2cn3c(ccn3NC3CCCCC3)n2)nc1. The normalized spacial score (nSPS) is 16.4. The summed E-state index contributed by atoms with van der Waals surface area (Å²) in [4.78, 5) is 11.0. The fourth-order valence-electron chi connectivity index (χ4n) is 3.04. The Hall–Kier alpha value is -2.30. The highest BCUT2D eigenvalue weighted by atomic mass is 15.6. The molecular weight excluding hydrogens is 262 g/mol. The number of hydrogen-bond acceptors (Lipinski definition) is 3. The van der Waals surface area contributed by atoms with Gasteiger partial charge >= 0.3 is 0 Å². The van der Waals surface area contributed by atoms with Gasteiger partial charge in [0.05, 0.1) is 11.9 Å². The summed E-state index contributed by atoms with van der Waals surface area (Å²) in [6.07, 6.45) is 12.4. The third kappa shape index (κ3) is 2.39. The average Bonchev–Trinajstić information content (AvgIpc) is 3.11. The Kier molecular flexibility index (Phi) is 3.10. The van der Waals surface area contributed by atoms with Crippen molar-refractivity contribution in [3.63, 3.8) is 0 Å². The van der Waals surface area contributed by atoms with Crippen LogP contribution in [0.25, 0.3) is 17.0 Å². The maximum absolute atomic E-state index is 4.64. The van der Waals surface area contributed by atoms with Crippen LogP contribution in [0.4, 0.5) is 0 Å². The fraction of sp³-hybridized carbons (Fsp3) is 0.375. The molecule has 5 heteroatoms. The van der Waals surface area contributed by atoms with Gasteiger partial charge in [-0.05, 0) is 25.0 Å². The van der Waals surface area contributed by atoms with Gasteiger partial charge in [-0.15, -0.1) is 0 Å². The molecule has 3 aromatic heterocycles. The topological polar surface area (TPSA) is 47.1 Å². The minimum absolute atomic E-state index is 0.565. The van der Waals surface area contributed by atoms with Crippen molar-refractivity contribution in [3.05, 3.63) is 42.9 Å². The third-order valence-electron chi connectivity index (χ3n) is 4.16. The van der Waals surface area contributed by atoms with Crippen LogP contribution in [0.1, 0.15) is 32.1 Å². The number of aromatic nitrogens is 4. The quantitative estimate of drug-likeness (QED) is 0.802. The Bertz CT molecular complexity index is 722. The van der Waals surface area contributed by atoms with Gasteiger partial charge < -0.3 is 5.43 Å². The van der Waals surface area contributed by atoms with Gasteiger partial charge in [0.1, 0.15) is 5.69 Å². The number of nitrogens with one attached hydrogen (secondary N) is 1. The van der Waals surface area contributed by atoms with Crippen molar-refractivity contribution in [3.8, 4) is 11.4 Å². The van der Waals surface area contributed by atoms with Gasteiger partial charge in [-0.25, -0.2) is 14.3 Å². The minimum atomic E-state index is 0.565. The number of imidazole rings is 1. The van der Waals surface area contributed by atoms with Crippen molar-refractivity contribution < 1.29 is 0 Å². The van der Waals surface area contributed by atoms with Crippen molar-refractivity contribution in [1.82, 2.24) is 19.3 Å². The Labute approximate surface area is 123 Å². The second-order valence-corrected chi connectivity index (χ2v) is 5.67. The zero-order valence-corrected chi connectivity index (χ0v) is 11.9. The van der Waals surface area contributed by atoms with Crippen LogP contribution in [-0.4, -0.2) is 25.3 Å². The number of nitrogens with zero attached hydrogens (tertiary/aromatic N) is 4. The summed E-state index contributed by atoms with van der Waals surface area (Å²) in [7, 11) is 0. The van der Waals surface area contributed by atoms with E-state index in [1.165, 1.54) is 32.1 Å². The summed E-state index contributed by atoms with van der Waals surface area (Å²) in [6, 6.07) is 8.49. The first kappa shape index (κ1) is 12.4. The molecular formula is C16H19N5. The summed E-state index contributed by atoms with van der Waals surface area (Å²) in [6.45, 7) is 0. The lowest BCUT2D eigenvalue weighted by Gasteiger charge is -2.24. The standard InChI is InChI=1S/C16H19N5/c1-2-6-13(7-3-1)19-21-11-9-16-18-15(12-20(16)21)14-8-4-5-10-17-14/h4-5,8-13,19H,1-3,6-7H2. The molecule has 1 fully saturated rings. The first-order valence-electron chi connectivity index (χ1n) is 7.65. The monoisotopic (exact) mass is 281 g/mol. The summed E-state index contributed by atoms with van der Waals surface area (Å²) in [5, 5.41) is 0. The second-order valence-electron chi connectivity index (χ2n) is 5.67. The van der Waals surface area contributed by atoms with E-state index in [2.05, 4.69) is 19.9 Å². The number of pyridine rings is 1. The predicted octanol–water partition coefficient (Wildman–Crippen LogP) is 3.07. The first-order chi connectivity index (χ1) is 10.4. The van der Waals surface area contributed by atoms with Gasteiger partial charge in [-0.1, -0.05) is 25.3 Å². The molecule has 1 N–H and O–H groups in total. The highest BCUT2D eigenvalue weighted by molar-refractivity contribution is 5.58. The van der Waals surface area contributed by atoms with Crippen LogP contribution in [0.3, 0.4) is 0 Å². The lowest BCUT2D eigenvalue weighted by molar-refractivity contribution is 0.426. The summed E-state index contributed by atoms with van der Waals surface area (Å²) in [5.41, 5.74) is 6.35. The zero-order valence-electron chi connectivity index (χ0n) is 11.9. The van der Waals surface area contributed by atoms with E-state index in [4.69, 9.17) is 0 Å². The molecule has 4 rings (SSSR count). The van der Waals surface area contributed by atoms with Crippen molar-refractivity contribution in [2.24, 2.45) is 0 Å². The molecule has 1 aliphatic carbocycles. The largest absolute Gasteiger partial charge is 0.308 e. The predicted molar refractivity (Wildman–Crippen MR) is 82.6 cm³/mol. The van der Waals surface area contributed by atoms with E-state index in [0.717, 1.165) is 17.0 Å². The maximum Gasteiger partial charge on any atom is 0.155 e. The molecule has 3 aromatic rings. The lowest BCUT2D eigenvalue weighted by atomic mass is 9.96. The van der Waals surface area contributed by atoms with E-state index in [1.54, 1.807) is 6.20 Å². The maximum atomic E-state index is 4.64. The van der Waals surface area contributed by atoms with Gasteiger partial charge in [0.2, 0.25) is 0 Å². The van der Waals surface area contributed by atoms with Crippen molar-refractivity contribution in [2.45, 2.75) is 38.1 Å². The van der Waals surface area contributed by atoms with E-state index < -0.39 is 0 Å². The molecule has 0 atom stereocenters. The second kappa shape index (κ2) is 5.24. The van der Waals surface area contributed by atoms with Gasteiger partial charge in [-0.2, -0.15) is 0 Å². The van der Waals surface area contributed by atoms with Crippen LogP contribution in [0.2, 0.25) is 0 Å². The van der Waals surface area contributed by atoms with E-state index in [0.29, 0.717) is 6.04 Å². The number of hydrogen-bond donors (Lipinski definition) is 1. The lowest BCUT2D eigenvalue weighted by Crippen LogP contribution is -2.31.